The van der Waals surface area contributed by atoms with E-state index < -0.39 is 41.5 Å². The normalized spacial score (nSPS) is 23.2. The number of alkyl halides is 3. The summed E-state index contributed by atoms with van der Waals surface area (Å²) in [6, 6.07) is 4.66. The predicted molar refractivity (Wildman–Crippen MR) is 87.5 cm³/mol. The molecule has 1 aliphatic rings. The highest BCUT2D eigenvalue weighted by Gasteiger charge is 2.43. The summed E-state index contributed by atoms with van der Waals surface area (Å²) < 4.78 is 48.7. The highest BCUT2D eigenvalue weighted by Crippen LogP contribution is 2.36. The van der Waals surface area contributed by atoms with Crippen molar-refractivity contribution in [2.45, 2.75) is 44.3 Å². The fourth-order valence-electron chi connectivity index (χ4n) is 3.10. The van der Waals surface area contributed by atoms with Gasteiger partial charge in [-0.2, -0.15) is 13.2 Å². The van der Waals surface area contributed by atoms with Gasteiger partial charge in [-0.15, -0.1) is 0 Å². The maximum atomic E-state index is 13.0. The van der Waals surface area contributed by atoms with E-state index in [4.69, 9.17) is 9.47 Å². The quantitative estimate of drug-likeness (QED) is 0.805. The van der Waals surface area contributed by atoms with Crippen molar-refractivity contribution in [3.63, 3.8) is 0 Å². The lowest BCUT2D eigenvalue weighted by Crippen LogP contribution is -2.57. The lowest BCUT2D eigenvalue weighted by molar-refractivity contribution is -0.153. The molecule has 26 heavy (non-hydrogen) atoms. The largest absolute Gasteiger partial charge is 0.483 e. The van der Waals surface area contributed by atoms with Crippen molar-refractivity contribution in [1.29, 1.82) is 0 Å². The number of benzene rings is 1. The average molecular weight is 373 g/mol. The minimum Gasteiger partial charge on any atom is -0.483 e. The van der Waals surface area contributed by atoms with Crippen LogP contribution in [0.15, 0.2) is 24.3 Å². The molecule has 2 rings (SSSR count). The highest BCUT2D eigenvalue weighted by atomic mass is 19.4. The van der Waals surface area contributed by atoms with Crippen LogP contribution in [0.1, 0.15) is 38.2 Å². The Hall–Kier alpha value is -2.25. The fraction of sp³-hybridized carbons (Fsp3) is 0.556. The van der Waals surface area contributed by atoms with Gasteiger partial charge in [-0.25, -0.2) is 4.79 Å². The van der Waals surface area contributed by atoms with E-state index >= 15 is 0 Å². The lowest BCUT2D eigenvalue weighted by Gasteiger charge is -2.37. The Morgan fingerprint density at radius 3 is 2.42 bits per heavy atom. The van der Waals surface area contributed by atoms with Crippen molar-refractivity contribution in [3.05, 3.63) is 29.8 Å². The molecular formula is C18H22F3NO4. The number of carbonyl (C=O) groups is 2. The number of hydrogen-bond donors (Lipinski definition) is 1. The summed E-state index contributed by atoms with van der Waals surface area (Å²) in [6.45, 7) is 1.43. The molecule has 0 aliphatic heterocycles. The summed E-state index contributed by atoms with van der Waals surface area (Å²) in [5.74, 6) is -1.21. The number of amides is 1. The van der Waals surface area contributed by atoms with Crippen molar-refractivity contribution in [2.24, 2.45) is 5.92 Å². The van der Waals surface area contributed by atoms with E-state index in [1.54, 1.807) is 0 Å². The van der Waals surface area contributed by atoms with Gasteiger partial charge in [0.15, 0.2) is 6.61 Å². The van der Waals surface area contributed by atoms with Gasteiger partial charge >= 0.3 is 12.1 Å². The van der Waals surface area contributed by atoms with Gasteiger partial charge in [0, 0.05) is 0 Å². The van der Waals surface area contributed by atoms with Crippen molar-refractivity contribution in [3.8, 4) is 5.75 Å². The zero-order valence-electron chi connectivity index (χ0n) is 14.7. The molecule has 1 aliphatic carbocycles. The molecule has 5 nitrogen and oxygen atoms in total. The van der Waals surface area contributed by atoms with E-state index in [0.29, 0.717) is 18.8 Å². The number of esters is 1. The minimum absolute atomic E-state index is 0.422. The standard InChI is InChI=1S/C18H22F3NO4/c1-12-7-9-17(10-8-12,16(24)25-2)22-15(23)11-26-14-6-4-3-5-13(14)18(19,20)21/h3-6,12H,7-11H2,1-2H3,(H,22,23). The first-order valence-electron chi connectivity index (χ1n) is 8.36. The van der Waals surface area contributed by atoms with E-state index in [0.717, 1.165) is 25.0 Å². The zero-order chi connectivity index (χ0) is 19.4. The molecule has 0 atom stereocenters. The first-order valence-corrected chi connectivity index (χ1v) is 8.36. The van der Waals surface area contributed by atoms with Crippen molar-refractivity contribution >= 4 is 11.9 Å². The molecule has 1 fully saturated rings. The summed E-state index contributed by atoms with van der Waals surface area (Å²) >= 11 is 0. The number of rotatable bonds is 5. The van der Waals surface area contributed by atoms with Gasteiger partial charge in [0.25, 0.3) is 5.91 Å². The molecule has 1 aromatic carbocycles. The van der Waals surface area contributed by atoms with Gasteiger partial charge in [0.05, 0.1) is 12.7 Å². The molecule has 8 heteroatoms. The second kappa shape index (κ2) is 7.97. The summed E-state index contributed by atoms with van der Waals surface area (Å²) in [5.41, 5.74) is -2.10. The minimum atomic E-state index is -4.58. The van der Waals surface area contributed by atoms with Crippen LogP contribution in [0.5, 0.6) is 5.75 Å². The molecule has 0 bridgehead atoms. The van der Waals surface area contributed by atoms with Gasteiger partial charge in [-0.3, -0.25) is 4.79 Å². The van der Waals surface area contributed by atoms with Crippen LogP contribution in [-0.4, -0.2) is 31.1 Å². The van der Waals surface area contributed by atoms with Crippen LogP contribution in [0.25, 0.3) is 0 Å². The second-order valence-corrected chi connectivity index (χ2v) is 6.59. The van der Waals surface area contributed by atoms with E-state index in [2.05, 4.69) is 12.2 Å². The highest BCUT2D eigenvalue weighted by molar-refractivity contribution is 5.88. The summed E-state index contributed by atoms with van der Waals surface area (Å²) in [5, 5.41) is 2.61. The number of methoxy groups -OCH3 is 1. The van der Waals surface area contributed by atoms with Crippen LogP contribution in [-0.2, 0) is 20.5 Å². The van der Waals surface area contributed by atoms with Gasteiger partial charge in [0.2, 0.25) is 0 Å². The van der Waals surface area contributed by atoms with E-state index in [-0.39, 0.29) is 0 Å². The van der Waals surface area contributed by atoms with Crippen LogP contribution in [0.4, 0.5) is 13.2 Å². The number of carbonyl (C=O) groups excluding carboxylic acids is 2. The monoisotopic (exact) mass is 373 g/mol. The molecule has 0 spiro atoms. The number of para-hydroxylation sites is 1. The molecule has 1 N–H and O–H groups in total. The number of hydrogen-bond acceptors (Lipinski definition) is 4. The van der Waals surface area contributed by atoms with Gasteiger partial charge < -0.3 is 14.8 Å². The van der Waals surface area contributed by atoms with Crippen molar-refractivity contribution < 1.29 is 32.2 Å². The van der Waals surface area contributed by atoms with Crippen LogP contribution in [0.2, 0.25) is 0 Å². The van der Waals surface area contributed by atoms with E-state index in [1.807, 2.05) is 0 Å². The molecule has 1 amide bonds. The first kappa shape index (κ1) is 20.1. The Labute approximate surface area is 149 Å². The molecule has 0 aromatic heterocycles. The molecule has 144 valence electrons. The van der Waals surface area contributed by atoms with Gasteiger partial charge in [-0.05, 0) is 43.7 Å². The molecule has 0 heterocycles. The molecule has 0 unspecified atom stereocenters. The summed E-state index contributed by atoms with van der Waals surface area (Å²) in [6.07, 6.45) is -2.25. The fourth-order valence-corrected chi connectivity index (χ4v) is 3.10. The maximum absolute atomic E-state index is 13.0. The SMILES string of the molecule is COC(=O)C1(NC(=O)COc2ccccc2C(F)(F)F)CCC(C)CC1. The predicted octanol–water partition coefficient (Wildman–Crippen LogP) is 3.32. The zero-order valence-corrected chi connectivity index (χ0v) is 14.7. The Bertz CT molecular complexity index is 652. The summed E-state index contributed by atoms with van der Waals surface area (Å²) in [7, 11) is 1.24. The van der Waals surface area contributed by atoms with Crippen LogP contribution >= 0.6 is 0 Å². The first-order chi connectivity index (χ1) is 12.2. The molecule has 0 saturated heterocycles. The smallest absolute Gasteiger partial charge is 0.419 e. The van der Waals surface area contributed by atoms with Crippen LogP contribution in [0, 0.1) is 5.92 Å². The molecule has 0 radical (unpaired) electrons. The van der Waals surface area contributed by atoms with E-state index in [9.17, 15) is 22.8 Å². The molecular weight excluding hydrogens is 351 g/mol. The maximum Gasteiger partial charge on any atom is 0.419 e. The second-order valence-electron chi connectivity index (χ2n) is 6.59. The Morgan fingerprint density at radius 2 is 1.85 bits per heavy atom. The Morgan fingerprint density at radius 1 is 1.23 bits per heavy atom. The number of halogens is 3. The van der Waals surface area contributed by atoms with E-state index in [1.165, 1.54) is 19.2 Å². The van der Waals surface area contributed by atoms with Crippen LogP contribution < -0.4 is 10.1 Å². The Kier molecular flexibility index (Phi) is 6.15. The average Bonchev–Trinajstić information content (AvgIpc) is 2.61. The third-order valence-electron chi connectivity index (χ3n) is 4.63. The number of ether oxygens (including phenoxy) is 2. The van der Waals surface area contributed by atoms with Crippen molar-refractivity contribution in [1.82, 2.24) is 5.32 Å². The molecule has 1 aromatic rings. The lowest BCUT2D eigenvalue weighted by atomic mass is 9.77. The van der Waals surface area contributed by atoms with Gasteiger partial charge in [0.1, 0.15) is 11.3 Å². The third-order valence-corrected chi connectivity index (χ3v) is 4.63. The molecule has 1 saturated carbocycles. The van der Waals surface area contributed by atoms with Crippen molar-refractivity contribution in [2.75, 3.05) is 13.7 Å². The third kappa shape index (κ3) is 4.68. The number of nitrogens with one attached hydrogen (secondary N) is 1. The van der Waals surface area contributed by atoms with Crippen LogP contribution in [0.3, 0.4) is 0 Å². The topological polar surface area (TPSA) is 64.6 Å². The summed E-state index contributed by atoms with van der Waals surface area (Å²) in [4.78, 5) is 24.4. The Balaban J connectivity index is 2.05. The van der Waals surface area contributed by atoms with Gasteiger partial charge in [-0.1, -0.05) is 19.1 Å².